The summed E-state index contributed by atoms with van der Waals surface area (Å²) < 4.78 is 0. The van der Waals surface area contributed by atoms with Gasteiger partial charge in [-0.2, -0.15) is 0 Å². The average molecular weight is 315 g/mol. The molecule has 120 valence electrons. The predicted octanol–water partition coefficient (Wildman–Crippen LogP) is -0.431. The number of rotatable bonds is 3. The molecular formula is C15H17N5O3. The van der Waals surface area contributed by atoms with E-state index in [1.807, 2.05) is 0 Å². The van der Waals surface area contributed by atoms with Crippen molar-refractivity contribution in [2.45, 2.75) is 13.3 Å². The smallest absolute Gasteiger partial charge is 0.327 e. The number of nitrogens with one attached hydrogen (secondary N) is 4. The standard InChI is InChI=1S/C15H17N5O3/c1-8-6-10(13(21)17-7-9-2-4-16-5-3-9)18-12-11(8)14(22)20-15(23)19-12/h2,6,16H,3-5,7H2,1H3,(H,17,21)(H2,18,19,20,22,23). The van der Waals surface area contributed by atoms with Crippen molar-refractivity contribution in [2.24, 2.45) is 0 Å². The zero-order chi connectivity index (χ0) is 16.4. The van der Waals surface area contributed by atoms with Gasteiger partial charge in [-0.25, -0.2) is 9.78 Å². The average Bonchev–Trinajstić information content (AvgIpc) is 2.52. The molecule has 4 N–H and O–H groups in total. The SMILES string of the molecule is Cc1cc(C(=O)NCC2=CCNCC2)nc2[nH]c(=O)[nH]c(=O)c12. The van der Waals surface area contributed by atoms with Gasteiger partial charge in [0.05, 0.1) is 5.39 Å². The first kappa shape index (κ1) is 15.2. The van der Waals surface area contributed by atoms with Crippen molar-refractivity contribution in [2.75, 3.05) is 19.6 Å². The van der Waals surface area contributed by atoms with Crippen LogP contribution in [0, 0.1) is 6.92 Å². The van der Waals surface area contributed by atoms with Gasteiger partial charge in [-0.1, -0.05) is 11.6 Å². The molecule has 0 aliphatic carbocycles. The van der Waals surface area contributed by atoms with E-state index in [1.54, 1.807) is 13.0 Å². The second kappa shape index (κ2) is 6.17. The van der Waals surface area contributed by atoms with Gasteiger partial charge in [-0.05, 0) is 31.5 Å². The van der Waals surface area contributed by atoms with Crippen LogP contribution in [0.2, 0.25) is 0 Å². The maximum atomic E-state index is 12.3. The van der Waals surface area contributed by atoms with Crippen molar-refractivity contribution in [1.82, 2.24) is 25.6 Å². The summed E-state index contributed by atoms with van der Waals surface area (Å²) in [6.45, 7) is 3.87. The quantitative estimate of drug-likeness (QED) is 0.573. The van der Waals surface area contributed by atoms with E-state index in [1.165, 1.54) is 5.57 Å². The molecule has 0 saturated heterocycles. The Hall–Kier alpha value is -2.74. The zero-order valence-corrected chi connectivity index (χ0v) is 12.7. The van der Waals surface area contributed by atoms with Crippen LogP contribution < -0.4 is 21.9 Å². The lowest BCUT2D eigenvalue weighted by atomic mass is 10.1. The summed E-state index contributed by atoms with van der Waals surface area (Å²) in [7, 11) is 0. The maximum Gasteiger partial charge on any atom is 0.327 e. The molecule has 0 saturated carbocycles. The lowest BCUT2D eigenvalue weighted by Gasteiger charge is -2.14. The van der Waals surface area contributed by atoms with Crippen molar-refractivity contribution in [3.05, 3.63) is 49.8 Å². The van der Waals surface area contributed by atoms with Gasteiger partial charge < -0.3 is 10.6 Å². The van der Waals surface area contributed by atoms with Crippen molar-refractivity contribution < 1.29 is 4.79 Å². The van der Waals surface area contributed by atoms with Gasteiger partial charge in [0, 0.05) is 13.1 Å². The number of hydrogen-bond acceptors (Lipinski definition) is 5. The van der Waals surface area contributed by atoms with Crippen LogP contribution in [0.3, 0.4) is 0 Å². The molecule has 0 unspecified atom stereocenters. The third kappa shape index (κ3) is 3.21. The minimum atomic E-state index is -0.646. The van der Waals surface area contributed by atoms with Crippen LogP contribution in [0.5, 0.6) is 0 Å². The van der Waals surface area contributed by atoms with Gasteiger partial charge in [-0.15, -0.1) is 0 Å². The highest BCUT2D eigenvalue weighted by atomic mass is 16.2. The predicted molar refractivity (Wildman–Crippen MR) is 85.6 cm³/mol. The number of amides is 1. The number of H-pyrrole nitrogens is 2. The summed E-state index contributed by atoms with van der Waals surface area (Å²) >= 11 is 0. The Labute approximate surface area is 131 Å². The first-order valence-corrected chi connectivity index (χ1v) is 7.35. The molecular weight excluding hydrogens is 298 g/mol. The molecule has 0 spiro atoms. The normalized spacial score (nSPS) is 14.6. The first-order chi connectivity index (χ1) is 11.0. The number of fused-ring (bicyclic) bond motifs is 1. The summed E-state index contributed by atoms with van der Waals surface area (Å²) in [5.74, 6) is -0.337. The number of carbonyl (C=O) groups is 1. The number of aromatic nitrogens is 3. The van der Waals surface area contributed by atoms with E-state index >= 15 is 0 Å². The van der Waals surface area contributed by atoms with Crippen LogP contribution in [0.25, 0.3) is 11.0 Å². The molecule has 1 aliphatic rings. The monoisotopic (exact) mass is 315 g/mol. The molecule has 1 aliphatic heterocycles. The van der Waals surface area contributed by atoms with Crippen molar-refractivity contribution in [1.29, 1.82) is 0 Å². The van der Waals surface area contributed by atoms with E-state index in [-0.39, 0.29) is 22.6 Å². The highest BCUT2D eigenvalue weighted by Gasteiger charge is 2.13. The maximum absolute atomic E-state index is 12.3. The molecule has 3 rings (SSSR count). The second-order valence-corrected chi connectivity index (χ2v) is 5.46. The highest BCUT2D eigenvalue weighted by Crippen LogP contribution is 2.11. The van der Waals surface area contributed by atoms with E-state index in [2.05, 4.69) is 31.7 Å². The van der Waals surface area contributed by atoms with Crippen LogP contribution in [-0.2, 0) is 0 Å². The molecule has 0 aromatic carbocycles. The summed E-state index contributed by atoms with van der Waals surface area (Å²) in [6.07, 6.45) is 2.95. The van der Waals surface area contributed by atoms with E-state index < -0.39 is 11.2 Å². The van der Waals surface area contributed by atoms with Gasteiger partial charge in [-0.3, -0.25) is 19.6 Å². The van der Waals surface area contributed by atoms with Gasteiger partial charge in [0.1, 0.15) is 11.3 Å². The molecule has 1 amide bonds. The van der Waals surface area contributed by atoms with Gasteiger partial charge >= 0.3 is 5.69 Å². The minimum Gasteiger partial charge on any atom is -0.347 e. The van der Waals surface area contributed by atoms with E-state index in [0.29, 0.717) is 12.1 Å². The molecule has 2 aromatic rings. The van der Waals surface area contributed by atoms with Crippen LogP contribution in [0.1, 0.15) is 22.5 Å². The fraction of sp³-hybridized carbons (Fsp3) is 0.333. The molecule has 8 nitrogen and oxygen atoms in total. The number of hydrogen-bond donors (Lipinski definition) is 4. The molecule has 0 bridgehead atoms. The third-order valence-electron chi connectivity index (χ3n) is 3.77. The third-order valence-corrected chi connectivity index (χ3v) is 3.77. The first-order valence-electron chi connectivity index (χ1n) is 7.35. The molecule has 0 atom stereocenters. The largest absolute Gasteiger partial charge is 0.347 e. The van der Waals surface area contributed by atoms with Crippen molar-refractivity contribution in [3.63, 3.8) is 0 Å². The van der Waals surface area contributed by atoms with Gasteiger partial charge in [0.2, 0.25) is 0 Å². The van der Waals surface area contributed by atoms with E-state index in [4.69, 9.17) is 0 Å². The summed E-state index contributed by atoms with van der Waals surface area (Å²) in [4.78, 5) is 44.1. The van der Waals surface area contributed by atoms with Gasteiger partial charge in [0.25, 0.3) is 11.5 Å². The minimum absolute atomic E-state index is 0.116. The number of nitrogens with zero attached hydrogens (tertiary/aromatic N) is 1. The number of aryl methyl sites for hydroxylation is 1. The zero-order valence-electron chi connectivity index (χ0n) is 12.7. The topological polar surface area (TPSA) is 120 Å². The molecule has 3 heterocycles. The summed E-state index contributed by atoms with van der Waals surface area (Å²) in [5.41, 5.74) is 0.876. The lowest BCUT2D eigenvalue weighted by molar-refractivity contribution is 0.0952. The Bertz CT molecular complexity index is 909. The fourth-order valence-corrected chi connectivity index (χ4v) is 2.58. The molecule has 23 heavy (non-hydrogen) atoms. The van der Waals surface area contributed by atoms with E-state index in [9.17, 15) is 14.4 Å². The van der Waals surface area contributed by atoms with Crippen molar-refractivity contribution >= 4 is 16.9 Å². The molecule has 2 aromatic heterocycles. The van der Waals surface area contributed by atoms with Crippen LogP contribution in [0.15, 0.2) is 27.3 Å². The van der Waals surface area contributed by atoms with Gasteiger partial charge in [0.15, 0.2) is 0 Å². The Kier molecular flexibility index (Phi) is 4.07. The second-order valence-electron chi connectivity index (χ2n) is 5.46. The summed E-state index contributed by atoms with van der Waals surface area (Å²) in [5, 5.41) is 6.30. The molecule has 0 fully saturated rings. The Morgan fingerprint density at radius 2 is 2.17 bits per heavy atom. The molecule has 8 heteroatoms. The van der Waals surface area contributed by atoms with Crippen LogP contribution in [0.4, 0.5) is 0 Å². The van der Waals surface area contributed by atoms with E-state index in [0.717, 1.165) is 19.5 Å². The number of pyridine rings is 1. The number of aromatic amines is 2. The Balaban J connectivity index is 1.87. The van der Waals surface area contributed by atoms with Crippen molar-refractivity contribution in [3.8, 4) is 0 Å². The Morgan fingerprint density at radius 1 is 1.35 bits per heavy atom. The lowest BCUT2D eigenvalue weighted by Crippen LogP contribution is -2.30. The highest BCUT2D eigenvalue weighted by molar-refractivity contribution is 5.95. The van der Waals surface area contributed by atoms with Crippen LogP contribution >= 0.6 is 0 Å². The van der Waals surface area contributed by atoms with Crippen LogP contribution in [-0.4, -0.2) is 40.5 Å². The summed E-state index contributed by atoms with van der Waals surface area (Å²) in [6, 6.07) is 1.54. The fourth-order valence-electron chi connectivity index (χ4n) is 2.58. The number of carbonyl (C=O) groups excluding carboxylic acids is 1. The Morgan fingerprint density at radius 3 is 2.91 bits per heavy atom. The molecule has 0 radical (unpaired) electrons.